The third-order valence-electron chi connectivity index (χ3n) is 4.81. The SMILES string of the molecule is CC(C1C=Cc2ccccc21)C1C=Cc2ccccc21.[Cl][Zr][Cl]. The molecule has 0 heterocycles. The Morgan fingerprint density at radius 3 is 1.61 bits per heavy atom. The van der Waals surface area contributed by atoms with Gasteiger partial charge in [0.2, 0.25) is 0 Å². The average Bonchev–Trinajstić information content (AvgIpc) is 3.19. The van der Waals surface area contributed by atoms with Gasteiger partial charge in [-0.05, 0) is 28.2 Å². The first-order valence-corrected chi connectivity index (χ1v) is 14.1. The Kier molecular flexibility index (Phi) is 5.97. The standard InChI is InChI=1S/C20H18.2ClH.Zr/c1-14(17-12-10-15-6-2-4-8-19(15)17)18-13-11-16-7-3-5-9-20(16)18;;;/h2-14,17-18H,1H3;2*1H;/q;;;+2/p-2. The normalized spacial score (nSPS) is 21.2. The molecule has 0 radical (unpaired) electrons. The van der Waals surface area contributed by atoms with Gasteiger partial charge in [-0.2, -0.15) is 0 Å². The first kappa shape index (κ1) is 17.2. The molecule has 0 aliphatic heterocycles. The molecule has 2 aliphatic rings. The van der Waals surface area contributed by atoms with Crippen LogP contribution in [0.25, 0.3) is 12.2 Å². The molecule has 2 aromatic rings. The topological polar surface area (TPSA) is 0 Å². The van der Waals surface area contributed by atoms with E-state index in [1.54, 1.807) is 0 Å². The maximum absolute atomic E-state index is 4.93. The summed E-state index contributed by atoms with van der Waals surface area (Å²) in [5.41, 5.74) is 5.75. The number of hydrogen-bond acceptors (Lipinski definition) is 0. The molecule has 23 heavy (non-hydrogen) atoms. The number of hydrogen-bond donors (Lipinski definition) is 0. The van der Waals surface area contributed by atoms with Crippen LogP contribution in [0.1, 0.15) is 41.0 Å². The van der Waals surface area contributed by atoms with Crippen molar-refractivity contribution in [3.8, 4) is 0 Å². The van der Waals surface area contributed by atoms with Crippen LogP contribution >= 0.6 is 17.0 Å². The Morgan fingerprint density at radius 2 is 1.17 bits per heavy atom. The number of allylic oxidation sites excluding steroid dienone is 2. The van der Waals surface area contributed by atoms with Gasteiger partial charge in [-0.25, -0.2) is 0 Å². The summed E-state index contributed by atoms with van der Waals surface area (Å²) in [6.45, 7) is 2.38. The molecule has 2 aromatic carbocycles. The van der Waals surface area contributed by atoms with E-state index in [2.05, 4.69) is 79.8 Å². The van der Waals surface area contributed by atoms with Crippen LogP contribution in [0.3, 0.4) is 0 Å². The van der Waals surface area contributed by atoms with E-state index in [1.807, 2.05) is 0 Å². The van der Waals surface area contributed by atoms with Crippen molar-refractivity contribution in [3.63, 3.8) is 0 Å². The van der Waals surface area contributed by atoms with Gasteiger partial charge in [0.25, 0.3) is 0 Å². The van der Waals surface area contributed by atoms with E-state index in [0.717, 1.165) is 0 Å². The van der Waals surface area contributed by atoms with Crippen molar-refractivity contribution in [3.05, 3.63) is 82.9 Å². The first-order valence-electron chi connectivity index (χ1n) is 7.76. The Balaban J connectivity index is 0.000000485. The zero-order valence-corrected chi connectivity index (χ0v) is 16.9. The summed E-state index contributed by atoms with van der Waals surface area (Å²) in [6.07, 6.45) is 9.32. The van der Waals surface area contributed by atoms with Gasteiger partial charge in [0.15, 0.2) is 0 Å². The van der Waals surface area contributed by atoms with Gasteiger partial charge in [-0.1, -0.05) is 79.8 Å². The Bertz CT molecular complexity index is 674. The molecule has 4 rings (SSSR count). The first-order chi connectivity index (χ1) is 11.3. The molecule has 0 bridgehead atoms. The van der Waals surface area contributed by atoms with Crippen molar-refractivity contribution < 1.29 is 20.8 Å². The second-order valence-corrected chi connectivity index (χ2v) is 9.69. The monoisotopic (exact) mass is 418 g/mol. The number of fused-ring (bicyclic) bond motifs is 2. The zero-order chi connectivity index (χ0) is 16.2. The van der Waals surface area contributed by atoms with E-state index < -0.39 is 20.8 Å². The Morgan fingerprint density at radius 1 is 0.783 bits per heavy atom. The molecule has 2 aliphatic carbocycles. The minimum atomic E-state index is -0.826. The second kappa shape index (κ2) is 7.97. The van der Waals surface area contributed by atoms with Crippen LogP contribution in [0.15, 0.2) is 60.7 Å². The van der Waals surface area contributed by atoms with E-state index in [0.29, 0.717) is 17.8 Å². The zero-order valence-electron chi connectivity index (χ0n) is 12.9. The van der Waals surface area contributed by atoms with Crippen LogP contribution in [0.5, 0.6) is 0 Å². The van der Waals surface area contributed by atoms with Crippen molar-refractivity contribution in [2.45, 2.75) is 18.8 Å². The van der Waals surface area contributed by atoms with Gasteiger partial charge in [0, 0.05) is 11.8 Å². The summed E-state index contributed by atoms with van der Waals surface area (Å²) in [6, 6.07) is 17.6. The average molecular weight is 420 g/mol. The predicted molar refractivity (Wildman–Crippen MR) is 97.3 cm³/mol. The fourth-order valence-corrected chi connectivity index (χ4v) is 3.69. The number of rotatable bonds is 2. The molecular formula is C20H18Cl2Zr. The Labute approximate surface area is 156 Å². The van der Waals surface area contributed by atoms with Crippen molar-refractivity contribution in [1.82, 2.24) is 0 Å². The molecule has 0 saturated carbocycles. The van der Waals surface area contributed by atoms with Crippen LogP contribution in [0.4, 0.5) is 0 Å². The molecule has 2 atom stereocenters. The Hall–Kier alpha value is -0.617. The van der Waals surface area contributed by atoms with E-state index in [9.17, 15) is 0 Å². The molecule has 0 fully saturated rings. The van der Waals surface area contributed by atoms with Crippen LogP contribution < -0.4 is 0 Å². The van der Waals surface area contributed by atoms with Crippen molar-refractivity contribution in [1.29, 1.82) is 0 Å². The van der Waals surface area contributed by atoms with E-state index in [-0.39, 0.29) is 0 Å². The molecule has 0 N–H and O–H groups in total. The molecule has 0 spiro atoms. The van der Waals surface area contributed by atoms with Gasteiger partial charge in [0.05, 0.1) is 0 Å². The number of benzene rings is 2. The van der Waals surface area contributed by atoms with Gasteiger partial charge in [-0.3, -0.25) is 0 Å². The fraction of sp³-hybridized carbons (Fsp3) is 0.200. The van der Waals surface area contributed by atoms with E-state index in [4.69, 9.17) is 17.0 Å². The third-order valence-corrected chi connectivity index (χ3v) is 4.81. The number of halogens is 2. The molecule has 116 valence electrons. The quantitative estimate of drug-likeness (QED) is 0.512. The summed E-state index contributed by atoms with van der Waals surface area (Å²) in [5, 5.41) is 0. The van der Waals surface area contributed by atoms with Gasteiger partial charge in [0.1, 0.15) is 0 Å². The molecule has 2 unspecified atom stereocenters. The molecule has 0 aromatic heterocycles. The van der Waals surface area contributed by atoms with Gasteiger partial charge >= 0.3 is 37.9 Å². The molecule has 0 nitrogen and oxygen atoms in total. The van der Waals surface area contributed by atoms with Crippen molar-refractivity contribution in [2.24, 2.45) is 5.92 Å². The summed E-state index contributed by atoms with van der Waals surface area (Å²) < 4.78 is 0. The molecular weight excluding hydrogens is 402 g/mol. The van der Waals surface area contributed by atoms with E-state index in [1.165, 1.54) is 22.3 Å². The third kappa shape index (κ3) is 3.58. The second-order valence-electron chi connectivity index (χ2n) is 5.96. The van der Waals surface area contributed by atoms with Crippen molar-refractivity contribution >= 4 is 29.2 Å². The van der Waals surface area contributed by atoms with Crippen LogP contribution in [0, 0.1) is 5.92 Å². The molecule has 3 heteroatoms. The van der Waals surface area contributed by atoms with Gasteiger partial charge in [-0.15, -0.1) is 0 Å². The maximum atomic E-state index is 4.93. The molecule has 0 amide bonds. The minimum absolute atomic E-state index is 0.534. The van der Waals surface area contributed by atoms with Gasteiger partial charge < -0.3 is 0 Å². The van der Waals surface area contributed by atoms with E-state index >= 15 is 0 Å². The fourth-order valence-electron chi connectivity index (χ4n) is 3.69. The summed E-state index contributed by atoms with van der Waals surface area (Å²) in [4.78, 5) is 0. The predicted octanol–water partition coefficient (Wildman–Crippen LogP) is 6.62. The van der Waals surface area contributed by atoms with Crippen LogP contribution in [0.2, 0.25) is 0 Å². The van der Waals surface area contributed by atoms with Crippen molar-refractivity contribution in [2.75, 3.05) is 0 Å². The van der Waals surface area contributed by atoms with Crippen LogP contribution in [-0.2, 0) is 20.8 Å². The summed E-state index contributed by atoms with van der Waals surface area (Å²) >= 11 is -0.826. The van der Waals surface area contributed by atoms with Crippen LogP contribution in [-0.4, -0.2) is 0 Å². The summed E-state index contributed by atoms with van der Waals surface area (Å²) in [7, 11) is 9.87. The summed E-state index contributed by atoms with van der Waals surface area (Å²) in [5.74, 6) is 1.66. The molecule has 0 saturated heterocycles.